The van der Waals surface area contributed by atoms with E-state index in [1.807, 2.05) is 44.2 Å². The third-order valence-electron chi connectivity index (χ3n) is 5.85. The molecule has 0 fully saturated rings. The molecule has 28 heavy (non-hydrogen) atoms. The monoisotopic (exact) mass is 371 g/mol. The first-order valence-electron chi connectivity index (χ1n) is 9.57. The van der Waals surface area contributed by atoms with Crippen molar-refractivity contribution < 1.29 is 9.21 Å². The van der Waals surface area contributed by atoms with E-state index >= 15 is 0 Å². The molecule has 2 aromatic heterocycles. The molecule has 0 saturated heterocycles. The maximum absolute atomic E-state index is 13.1. The molecule has 0 amide bonds. The van der Waals surface area contributed by atoms with Crippen LogP contribution in [0.2, 0.25) is 0 Å². The molecular weight excluding hydrogens is 350 g/mol. The van der Waals surface area contributed by atoms with Crippen LogP contribution in [0, 0.1) is 19.3 Å². The molecule has 5 rings (SSSR count). The zero-order chi connectivity index (χ0) is 19.8. The van der Waals surface area contributed by atoms with E-state index in [0.29, 0.717) is 28.5 Å². The fraction of sp³-hybridized carbons (Fsp3) is 0.292. The summed E-state index contributed by atoms with van der Waals surface area (Å²) in [4.78, 5) is 30.5. The lowest BCUT2D eigenvalue weighted by atomic mass is 9.72. The predicted octanol–water partition coefficient (Wildman–Crippen LogP) is 5.27. The van der Waals surface area contributed by atoms with E-state index < -0.39 is 0 Å². The Labute approximate surface area is 162 Å². The number of aromatic nitrogens is 1. The van der Waals surface area contributed by atoms with Crippen LogP contribution in [0.25, 0.3) is 33.0 Å². The number of aryl methyl sites for hydroxylation is 2. The molecule has 4 heteroatoms. The van der Waals surface area contributed by atoms with Crippen molar-refractivity contribution in [2.75, 3.05) is 0 Å². The summed E-state index contributed by atoms with van der Waals surface area (Å²) < 4.78 is 5.96. The van der Waals surface area contributed by atoms with Crippen LogP contribution in [0.4, 0.5) is 0 Å². The van der Waals surface area contributed by atoms with E-state index in [9.17, 15) is 9.59 Å². The first-order valence-corrected chi connectivity index (χ1v) is 9.57. The molecule has 0 aliphatic heterocycles. The van der Waals surface area contributed by atoms with Crippen molar-refractivity contribution in [3.05, 3.63) is 62.8 Å². The molecule has 0 unspecified atom stereocenters. The van der Waals surface area contributed by atoms with Crippen LogP contribution in [0.3, 0.4) is 0 Å². The number of fused-ring (bicyclic) bond motifs is 4. The minimum absolute atomic E-state index is 0.0539. The molecule has 2 heterocycles. The third kappa shape index (κ3) is 2.40. The zero-order valence-corrected chi connectivity index (χ0v) is 16.5. The number of Topliss-reactive ketones (excluding diaryl/α,β-unsaturated/α-hetero) is 1. The maximum Gasteiger partial charge on any atom is 0.231 e. The summed E-state index contributed by atoms with van der Waals surface area (Å²) in [5.74, 6) is 0.173. The van der Waals surface area contributed by atoms with Gasteiger partial charge in [0.2, 0.25) is 11.1 Å². The van der Waals surface area contributed by atoms with Gasteiger partial charge < -0.3 is 4.42 Å². The summed E-state index contributed by atoms with van der Waals surface area (Å²) >= 11 is 0. The molecule has 140 valence electrons. The SMILES string of the molecule is Cc1ccc2oc3nc4cc5c(c(C)c4cc3c(=O)c2c1)C(=O)CC(C)(C)C5. The second-order valence-electron chi connectivity index (χ2n) is 8.82. The summed E-state index contributed by atoms with van der Waals surface area (Å²) in [6.45, 7) is 8.14. The fourth-order valence-electron chi connectivity index (χ4n) is 4.56. The summed E-state index contributed by atoms with van der Waals surface area (Å²) in [6.07, 6.45) is 1.38. The van der Waals surface area contributed by atoms with Crippen molar-refractivity contribution in [1.29, 1.82) is 0 Å². The zero-order valence-electron chi connectivity index (χ0n) is 16.5. The van der Waals surface area contributed by atoms with Crippen molar-refractivity contribution in [1.82, 2.24) is 4.98 Å². The van der Waals surface area contributed by atoms with Crippen LogP contribution in [0.15, 0.2) is 39.5 Å². The van der Waals surface area contributed by atoms with Gasteiger partial charge in [-0.1, -0.05) is 25.5 Å². The van der Waals surface area contributed by atoms with Crippen molar-refractivity contribution in [3.63, 3.8) is 0 Å². The highest BCUT2D eigenvalue weighted by molar-refractivity contribution is 6.06. The van der Waals surface area contributed by atoms with Gasteiger partial charge in [0, 0.05) is 17.4 Å². The highest BCUT2D eigenvalue weighted by Crippen LogP contribution is 2.38. The Morgan fingerprint density at radius 3 is 2.54 bits per heavy atom. The van der Waals surface area contributed by atoms with E-state index in [-0.39, 0.29) is 16.6 Å². The molecule has 0 radical (unpaired) electrons. The normalized spacial score (nSPS) is 16.1. The van der Waals surface area contributed by atoms with Gasteiger partial charge in [-0.3, -0.25) is 9.59 Å². The van der Waals surface area contributed by atoms with Crippen LogP contribution >= 0.6 is 0 Å². The Bertz CT molecular complexity index is 1390. The first-order chi connectivity index (χ1) is 13.2. The largest absolute Gasteiger partial charge is 0.437 e. The van der Waals surface area contributed by atoms with Crippen molar-refractivity contribution in [2.45, 2.75) is 40.5 Å². The van der Waals surface area contributed by atoms with Gasteiger partial charge in [-0.25, -0.2) is 4.98 Å². The van der Waals surface area contributed by atoms with Gasteiger partial charge in [0.1, 0.15) is 5.58 Å². The van der Waals surface area contributed by atoms with Crippen molar-refractivity contribution in [2.24, 2.45) is 5.41 Å². The van der Waals surface area contributed by atoms with Gasteiger partial charge in [-0.05, 0) is 61.1 Å². The molecule has 1 aliphatic rings. The lowest BCUT2D eigenvalue weighted by Crippen LogP contribution is -2.27. The second-order valence-corrected chi connectivity index (χ2v) is 8.82. The number of rotatable bonds is 0. The fourth-order valence-corrected chi connectivity index (χ4v) is 4.56. The molecule has 0 saturated carbocycles. The van der Waals surface area contributed by atoms with Crippen LogP contribution in [0.1, 0.15) is 47.3 Å². The number of carbonyl (C=O) groups excluding carboxylic acids is 1. The summed E-state index contributed by atoms with van der Waals surface area (Å²) in [5, 5.41) is 1.86. The standard InChI is InChI=1S/C24H21NO3/c1-12-5-6-20-16(7-12)22(27)17-9-15-13(2)21-14(8-18(15)25-23(17)28-20)10-24(3,4)11-19(21)26/h5-9H,10-11H2,1-4H3. The van der Waals surface area contributed by atoms with E-state index in [1.54, 1.807) is 0 Å². The smallest absolute Gasteiger partial charge is 0.231 e. The van der Waals surface area contributed by atoms with E-state index in [0.717, 1.165) is 39.6 Å². The van der Waals surface area contributed by atoms with Crippen molar-refractivity contribution >= 4 is 38.8 Å². The number of nitrogens with zero attached hydrogens (tertiary/aromatic N) is 1. The van der Waals surface area contributed by atoms with E-state index in [1.165, 1.54) is 0 Å². The Morgan fingerprint density at radius 1 is 0.964 bits per heavy atom. The summed E-state index contributed by atoms with van der Waals surface area (Å²) in [5.41, 5.74) is 5.27. The van der Waals surface area contributed by atoms with E-state index in [2.05, 4.69) is 18.8 Å². The lowest BCUT2D eigenvalue weighted by molar-refractivity contribution is 0.0912. The van der Waals surface area contributed by atoms with Crippen LogP contribution in [-0.2, 0) is 6.42 Å². The average molecular weight is 371 g/mol. The number of carbonyl (C=O) groups is 1. The number of hydrogen-bond acceptors (Lipinski definition) is 4. The minimum atomic E-state index is -0.0843. The summed E-state index contributed by atoms with van der Waals surface area (Å²) in [7, 11) is 0. The van der Waals surface area contributed by atoms with Gasteiger partial charge in [0.15, 0.2) is 5.78 Å². The number of hydrogen-bond donors (Lipinski definition) is 0. The average Bonchev–Trinajstić information content (AvgIpc) is 2.60. The Morgan fingerprint density at radius 2 is 1.75 bits per heavy atom. The highest BCUT2D eigenvalue weighted by atomic mass is 16.3. The quantitative estimate of drug-likeness (QED) is 0.395. The molecule has 4 nitrogen and oxygen atoms in total. The molecule has 0 spiro atoms. The molecule has 0 atom stereocenters. The molecule has 1 aliphatic carbocycles. The van der Waals surface area contributed by atoms with Crippen LogP contribution in [-0.4, -0.2) is 10.8 Å². The van der Waals surface area contributed by atoms with Crippen LogP contribution < -0.4 is 5.43 Å². The van der Waals surface area contributed by atoms with E-state index in [4.69, 9.17) is 4.42 Å². The minimum Gasteiger partial charge on any atom is -0.437 e. The van der Waals surface area contributed by atoms with Gasteiger partial charge in [0.05, 0.1) is 16.3 Å². The molecule has 0 N–H and O–H groups in total. The predicted molar refractivity (Wildman–Crippen MR) is 111 cm³/mol. The second kappa shape index (κ2) is 5.51. The number of ketones is 1. The maximum atomic E-state index is 13.1. The van der Waals surface area contributed by atoms with Gasteiger partial charge in [-0.2, -0.15) is 0 Å². The lowest BCUT2D eigenvalue weighted by Gasteiger charge is -2.31. The Kier molecular flexibility index (Phi) is 3.36. The first kappa shape index (κ1) is 17.1. The van der Waals surface area contributed by atoms with Gasteiger partial charge in [-0.15, -0.1) is 0 Å². The summed E-state index contributed by atoms with van der Waals surface area (Å²) in [6, 6.07) is 9.42. The van der Waals surface area contributed by atoms with Gasteiger partial charge >= 0.3 is 0 Å². The molecule has 2 aromatic carbocycles. The Hall–Kier alpha value is -3.01. The van der Waals surface area contributed by atoms with Gasteiger partial charge in [0.25, 0.3) is 0 Å². The number of pyridine rings is 1. The third-order valence-corrected chi connectivity index (χ3v) is 5.85. The van der Waals surface area contributed by atoms with Crippen molar-refractivity contribution in [3.8, 4) is 0 Å². The highest BCUT2D eigenvalue weighted by Gasteiger charge is 2.32. The Balaban J connectivity index is 1.89. The molecule has 0 bridgehead atoms. The van der Waals surface area contributed by atoms with Crippen LogP contribution in [0.5, 0.6) is 0 Å². The number of benzene rings is 2. The molecule has 4 aromatic rings. The topological polar surface area (TPSA) is 60.2 Å². The molecular formula is C24H21NO3.